The van der Waals surface area contributed by atoms with Crippen LogP contribution in [0.3, 0.4) is 0 Å². The largest absolute Gasteiger partial charge is 0.481 e. The molecule has 4 aromatic rings. The molecule has 2 heterocycles. The van der Waals surface area contributed by atoms with Crippen molar-refractivity contribution in [3.8, 4) is 17.1 Å². The van der Waals surface area contributed by atoms with Gasteiger partial charge in [-0.2, -0.15) is 0 Å². The Bertz CT molecular complexity index is 1550. The van der Waals surface area contributed by atoms with Gasteiger partial charge in [-0.15, -0.1) is 0 Å². The molecule has 0 aliphatic heterocycles. The lowest BCUT2D eigenvalue weighted by Gasteiger charge is -2.57. The Hall–Kier alpha value is -4.20. The van der Waals surface area contributed by atoms with Crippen molar-refractivity contribution in [1.29, 1.82) is 0 Å². The van der Waals surface area contributed by atoms with Gasteiger partial charge in [-0.25, -0.2) is 9.37 Å². The molecule has 0 radical (unpaired) electrons. The minimum atomic E-state index is -0.743. The van der Waals surface area contributed by atoms with Crippen molar-refractivity contribution in [2.45, 2.75) is 44.7 Å². The first kappa shape index (κ1) is 25.1. The Labute approximate surface area is 225 Å². The van der Waals surface area contributed by atoms with E-state index in [4.69, 9.17) is 9.84 Å². The minimum absolute atomic E-state index is 0.0598. The monoisotopic (exact) mass is 527 g/mol. The normalized spacial score (nSPS) is 21.8. The molecular formula is C31H30FN3O4. The van der Waals surface area contributed by atoms with Crippen LogP contribution in [0.2, 0.25) is 0 Å². The van der Waals surface area contributed by atoms with Crippen LogP contribution in [0, 0.1) is 17.2 Å². The number of hydrogen-bond acceptors (Lipinski definition) is 4. The summed E-state index contributed by atoms with van der Waals surface area (Å²) < 4.78 is 21.8. The first-order valence-corrected chi connectivity index (χ1v) is 13.2. The summed E-state index contributed by atoms with van der Waals surface area (Å²) >= 11 is 0. The summed E-state index contributed by atoms with van der Waals surface area (Å²) in [6, 6.07) is 18.3. The van der Waals surface area contributed by atoms with E-state index in [0.29, 0.717) is 28.9 Å². The summed E-state index contributed by atoms with van der Waals surface area (Å²) in [6.45, 7) is 0.483. The standard InChI is InChI=1S/C31H30FN3O4/c1-39-27-4-2-3-26(34-27)21-7-5-19(6-8-21)18-35-12-11-23-25(32)10-9-24(29(23)35)30(38)33-22-16-31(17-22)14-20(15-31)13-28(36)37/h2-12,20,22H,13-18H2,1H3,(H,33,38)(H,36,37). The third kappa shape index (κ3) is 4.87. The number of carboxylic acids is 1. The van der Waals surface area contributed by atoms with E-state index in [1.807, 2.05) is 47.2 Å². The number of aliphatic carboxylic acids is 1. The molecule has 6 rings (SSSR count). The molecule has 7 nitrogen and oxygen atoms in total. The number of hydrogen-bond donors (Lipinski definition) is 2. The van der Waals surface area contributed by atoms with E-state index >= 15 is 0 Å². The van der Waals surface area contributed by atoms with Gasteiger partial charge in [0.2, 0.25) is 5.88 Å². The summed E-state index contributed by atoms with van der Waals surface area (Å²) in [5, 5.41) is 12.5. The number of rotatable bonds is 8. The van der Waals surface area contributed by atoms with Crippen LogP contribution < -0.4 is 10.1 Å². The van der Waals surface area contributed by atoms with Crippen molar-refractivity contribution in [2.24, 2.45) is 11.3 Å². The molecule has 39 heavy (non-hydrogen) atoms. The highest BCUT2D eigenvalue weighted by molar-refractivity contribution is 6.06. The Morgan fingerprint density at radius 1 is 1.08 bits per heavy atom. The number of halogens is 1. The topological polar surface area (TPSA) is 93.5 Å². The van der Waals surface area contributed by atoms with Gasteiger partial charge in [0.25, 0.3) is 5.91 Å². The quantitative estimate of drug-likeness (QED) is 0.308. The van der Waals surface area contributed by atoms with E-state index in [2.05, 4.69) is 10.3 Å². The van der Waals surface area contributed by atoms with Gasteiger partial charge in [0.15, 0.2) is 0 Å². The maximum absolute atomic E-state index is 14.7. The second kappa shape index (κ2) is 9.84. The Morgan fingerprint density at radius 2 is 1.85 bits per heavy atom. The number of carbonyl (C=O) groups is 2. The predicted molar refractivity (Wildman–Crippen MR) is 145 cm³/mol. The van der Waals surface area contributed by atoms with Gasteiger partial charge in [0, 0.05) is 42.2 Å². The molecule has 200 valence electrons. The molecular weight excluding hydrogens is 497 g/mol. The maximum Gasteiger partial charge on any atom is 0.303 e. The smallest absolute Gasteiger partial charge is 0.303 e. The molecule has 2 aromatic carbocycles. The molecule has 1 spiro atoms. The lowest BCUT2D eigenvalue weighted by atomic mass is 9.49. The summed E-state index contributed by atoms with van der Waals surface area (Å²) in [6.07, 6.45) is 5.62. The van der Waals surface area contributed by atoms with Crippen LogP contribution in [0.5, 0.6) is 5.88 Å². The van der Waals surface area contributed by atoms with E-state index in [9.17, 15) is 14.0 Å². The third-order valence-corrected chi connectivity index (χ3v) is 8.25. The highest BCUT2D eigenvalue weighted by Crippen LogP contribution is 2.59. The SMILES string of the molecule is COc1cccc(-c2ccc(Cn3ccc4c(F)ccc(C(=O)NC5CC6(CC(CC(=O)O)C6)C5)c43)cc2)n1. The van der Waals surface area contributed by atoms with Gasteiger partial charge in [0.1, 0.15) is 5.82 Å². The summed E-state index contributed by atoms with van der Waals surface area (Å²) in [7, 11) is 1.59. The molecule has 2 aromatic heterocycles. The Balaban J connectivity index is 1.16. The van der Waals surface area contributed by atoms with E-state index < -0.39 is 5.97 Å². The first-order valence-electron chi connectivity index (χ1n) is 13.2. The molecule has 2 N–H and O–H groups in total. The molecule has 2 fully saturated rings. The molecule has 0 unspecified atom stereocenters. The Morgan fingerprint density at radius 3 is 2.56 bits per heavy atom. The zero-order valence-electron chi connectivity index (χ0n) is 21.7. The lowest BCUT2D eigenvalue weighted by Crippen LogP contribution is -2.56. The van der Waals surface area contributed by atoms with Gasteiger partial charge in [-0.1, -0.05) is 30.3 Å². The molecule has 0 saturated heterocycles. The van der Waals surface area contributed by atoms with Crippen LogP contribution >= 0.6 is 0 Å². The van der Waals surface area contributed by atoms with Crippen LogP contribution in [0.25, 0.3) is 22.2 Å². The van der Waals surface area contributed by atoms with Crippen LogP contribution in [0.15, 0.2) is 66.9 Å². The van der Waals surface area contributed by atoms with Crippen LogP contribution in [0.4, 0.5) is 4.39 Å². The third-order valence-electron chi connectivity index (χ3n) is 8.25. The van der Waals surface area contributed by atoms with Gasteiger partial charge in [0.05, 0.1) is 23.9 Å². The molecule has 2 saturated carbocycles. The fraction of sp³-hybridized carbons (Fsp3) is 0.323. The number of benzene rings is 2. The summed E-state index contributed by atoms with van der Waals surface area (Å²) in [4.78, 5) is 28.7. The zero-order chi connectivity index (χ0) is 27.1. The van der Waals surface area contributed by atoms with Gasteiger partial charge in [-0.3, -0.25) is 9.59 Å². The minimum Gasteiger partial charge on any atom is -0.481 e. The Kier molecular flexibility index (Phi) is 6.33. The second-order valence-electron chi connectivity index (χ2n) is 11.0. The van der Waals surface area contributed by atoms with Crippen molar-refractivity contribution in [3.05, 3.63) is 83.8 Å². The fourth-order valence-electron chi connectivity index (χ4n) is 6.51. The number of ether oxygens (including phenoxy) is 1. The van der Waals surface area contributed by atoms with Crippen LogP contribution in [-0.2, 0) is 11.3 Å². The fourth-order valence-corrected chi connectivity index (χ4v) is 6.51. The second-order valence-corrected chi connectivity index (χ2v) is 11.0. The number of methoxy groups -OCH3 is 1. The number of aromatic nitrogens is 2. The number of pyridine rings is 1. The predicted octanol–water partition coefficient (Wildman–Crippen LogP) is 5.66. The van der Waals surface area contributed by atoms with Crippen LogP contribution in [-0.4, -0.2) is 39.7 Å². The number of nitrogens with zero attached hydrogens (tertiary/aromatic N) is 2. The van der Waals surface area contributed by atoms with Crippen molar-refractivity contribution in [1.82, 2.24) is 14.9 Å². The van der Waals surface area contributed by atoms with Crippen molar-refractivity contribution < 1.29 is 23.8 Å². The number of carbonyl (C=O) groups excluding carboxylic acids is 1. The van der Waals surface area contributed by atoms with Crippen molar-refractivity contribution in [3.63, 3.8) is 0 Å². The number of nitrogens with one attached hydrogen (secondary N) is 1. The summed E-state index contributed by atoms with van der Waals surface area (Å²) in [5.41, 5.74) is 3.99. The molecule has 0 atom stereocenters. The summed E-state index contributed by atoms with van der Waals surface area (Å²) in [5.74, 6) is -0.510. The molecule has 1 amide bonds. The van der Waals surface area contributed by atoms with E-state index in [1.54, 1.807) is 25.3 Å². The number of amides is 1. The maximum atomic E-state index is 14.7. The zero-order valence-corrected chi connectivity index (χ0v) is 21.7. The van der Waals surface area contributed by atoms with Crippen LogP contribution in [0.1, 0.15) is 48.0 Å². The average Bonchev–Trinajstić information content (AvgIpc) is 3.31. The van der Waals surface area contributed by atoms with Crippen molar-refractivity contribution >= 4 is 22.8 Å². The van der Waals surface area contributed by atoms with E-state index in [0.717, 1.165) is 42.5 Å². The van der Waals surface area contributed by atoms with Gasteiger partial charge < -0.3 is 19.7 Å². The highest BCUT2D eigenvalue weighted by atomic mass is 19.1. The van der Waals surface area contributed by atoms with Gasteiger partial charge >= 0.3 is 5.97 Å². The molecule has 2 aliphatic rings. The van der Waals surface area contributed by atoms with E-state index in [1.165, 1.54) is 6.07 Å². The molecule has 8 heteroatoms. The molecule has 0 bridgehead atoms. The number of fused-ring (bicyclic) bond motifs is 1. The average molecular weight is 528 g/mol. The first-order chi connectivity index (χ1) is 18.8. The van der Waals surface area contributed by atoms with E-state index in [-0.39, 0.29) is 35.5 Å². The number of carboxylic acid groups (broad SMARTS) is 1. The van der Waals surface area contributed by atoms with Gasteiger partial charge in [-0.05, 0) is 66.8 Å². The lowest BCUT2D eigenvalue weighted by molar-refractivity contribution is -0.142. The molecule has 2 aliphatic carbocycles. The van der Waals surface area contributed by atoms with Crippen molar-refractivity contribution in [2.75, 3.05) is 7.11 Å². The highest BCUT2D eigenvalue weighted by Gasteiger charge is 2.53.